The van der Waals surface area contributed by atoms with E-state index in [1.165, 1.54) is 17.8 Å². The number of anilines is 1. The van der Waals surface area contributed by atoms with Gasteiger partial charge in [0.25, 0.3) is 5.91 Å². The Morgan fingerprint density at radius 3 is 2.64 bits per heavy atom. The molecule has 1 unspecified atom stereocenters. The molecule has 1 saturated heterocycles. The molecule has 3 N–H and O–H groups in total. The summed E-state index contributed by atoms with van der Waals surface area (Å²) in [5.74, 6) is -0.171. The number of ether oxygens (including phenoxy) is 1. The molecular weight excluding hydrogens is 443 g/mol. The Hall–Kier alpha value is -3.95. The highest BCUT2D eigenvalue weighted by Gasteiger charge is 2.38. The highest BCUT2D eigenvalue weighted by molar-refractivity contribution is 6.08. The second kappa shape index (κ2) is 8.89. The predicted octanol–water partition coefficient (Wildman–Crippen LogP) is 1.95. The number of alkyl halides is 3. The van der Waals surface area contributed by atoms with Crippen LogP contribution in [-0.2, 0) is 9.53 Å². The standard InChI is InChI=1S/C21H16F3N5O4/c22-21(23,24)20(32)25-7-6-13-9-29(15-8-14(30)10-33-15)18-16(13)17(26-11-27-18)28-19(31)12-4-2-1-3-5-12/h1-5,9,11,14-15,30H,8,10H2,(H,25,32)(H,26,27,28,31)/t14?,15-/m1/s1. The molecule has 0 saturated carbocycles. The second-order valence-corrected chi connectivity index (χ2v) is 7.07. The zero-order valence-electron chi connectivity index (χ0n) is 16.8. The highest BCUT2D eigenvalue weighted by atomic mass is 19.4. The summed E-state index contributed by atoms with van der Waals surface area (Å²) in [5.41, 5.74) is 0.774. The van der Waals surface area contributed by atoms with Gasteiger partial charge in [0.1, 0.15) is 24.0 Å². The van der Waals surface area contributed by atoms with E-state index in [9.17, 15) is 27.9 Å². The fraction of sp³-hybridized carbons (Fsp3) is 0.238. The molecule has 3 heterocycles. The molecule has 33 heavy (non-hydrogen) atoms. The van der Waals surface area contributed by atoms with E-state index >= 15 is 0 Å². The van der Waals surface area contributed by atoms with Crippen molar-refractivity contribution in [1.29, 1.82) is 0 Å². The van der Waals surface area contributed by atoms with Gasteiger partial charge in [0.05, 0.1) is 23.7 Å². The van der Waals surface area contributed by atoms with E-state index in [0.29, 0.717) is 5.56 Å². The second-order valence-electron chi connectivity index (χ2n) is 7.07. The smallest absolute Gasteiger partial charge is 0.391 e. The minimum atomic E-state index is -5.09. The van der Waals surface area contributed by atoms with Gasteiger partial charge in [0.15, 0.2) is 0 Å². The van der Waals surface area contributed by atoms with Gasteiger partial charge in [-0.3, -0.25) is 14.9 Å². The van der Waals surface area contributed by atoms with E-state index in [-0.39, 0.29) is 35.4 Å². The molecule has 170 valence electrons. The number of aromatic nitrogens is 3. The van der Waals surface area contributed by atoms with Crippen LogP contribution < -0.4 is 10.6 Å². The number of aliphatic hydroxyl groups is 1. The quantitative estimate of drug-likeness (QED) is 0.407. The number of halogens is 3. The van der Waals surface area contributed by atoms with Crippen molar-refractivity contribution in [2.24, 2.45) is 0 Å². The summed E-state index contributed by atoms with van der Waals surface area (Å²) < 4.78 is 44.4. The third-order valence-electron chi connectivity index (χ3n) is 4.77. The van der Waals surface area contributed by atoms with Crippen LogP contribution in [0.1, 0.15) is 28.6 Å². The molecule has 0 aliphatic carbocycles. The zero-order valence-corrected chi connectivity index (χ0v) is 16.8. The van der Waals surface area contributed by atoms with Gasteiger partial charge in [0.2, 0.25) is 0 Å². The Bertz CT molecular complexity index is 1260. The van der Waals surface area contributed by atoms with Crippen LogP contribution in [-0.4, -0.2) is 50.3 Å². The number of nitrogens with zero attached hydrogens (tertiary/aromatic N) is 3. The van der Waals surface area contributed by atoms with Crippen molar-refractivity contribution in [2.45, 2.75) is 24.9 Å². The van der Waals surface area contributed by atoms with E-state index in [0.717, 1.165) is 0 Å². The molecule has 12 heteroatoms. The fourth-order valence-corrected chi connectivity index (χ4v) is 3.27. The fourth-order valence-electron chi connectivity index (χ4n) is 3.27. The minimum absolute atomic E-state index is 0.0672. The Morgan fingerprint density at radius 1 is 1.21 bits per heavy atom. The topological polar surface area (TPSA) is 118 Å². The van der Waals surface area contributed by atoms with Crippen LogP contribution in [0.25, 0.3) is 11.0 Å². The van der Waals surface area contributed by atoms with Gasteiger partial charge in [0, 0.05) is 24.2 Å². The molecule has 2 aromatic heterocycles. The summed E-state index contributed by atoms with van der Waals surface area (Å²) in [4.78, 5) is 32.0. The Kier molecular flexibility index (Phi) is 5.99. The predicted molar refractivity (Wildman–Crippen MR) is 109 cm³/mol. The molecule has 0 bridgehead atoms. The average molecular weight is 459 g/mol. The first-order chi connectivity index (χ1) is 15.7. The first-order valence-electron chi connectivity index (χ1n) is 9.64. The van der Waals surface area contributed by atoms with Crippen LogP contribution in [0.4, 0.5) is 19.0 Å². The lowest BCUT2D eigenvalue weighted by Gasteiger charge is -2.12. The van der Waals surface area contributed by atoms with Crippen LogP contribution in [0.15, 0.2) is 42.9 Å². The van der Waals surface area contributed by atoms with Gasteiger partial charge in [-0.25, -0.2) is 9.97 Å². The summed E-state index contributed by atoms with van der Waals surface area (Å²) in [6, 6.07) is 10.3. The monoisotopic (exact) mass is 459 g/mol. The van der Waals surface area contributed by atoms with Crippen molar-refractivity contribution in [3.63, 3.8) is 0 Å². The number of aliphatic hydroxyl groups excluding tert-OH is 1. The van der Waals surface area contributed by atoms with Crippen LogP contribution in [0.2, 0.25) is 0 Å². The lowest BCUT2D eigenvalue weighted by molar-refractivity contribution is -0.172. The van der Waals surface area contributed by atoms with Crippen molar-refractivity contribution in [3.05, 3.63) is 54.0 Å². The maximum absolute atomic E-state index is 12.6. The van der Waals surface area contributed by atoms with Crippen LogP contribution in [0.3, 0.4) is 0 Å². The van der Waals surface area contributed by atoms with Gasteiger partial charge in [-0.2, -0.15) is 13.2 Å². The Morgan fingerprint density at radius 2 is 1.97 bits per heavy atom. The van der Waals surface area contributed by atoms with Gasteiger partial charge in [-0.1, -0.05) is 18.2 Å². The number of hydrogen-bond acceptors (Lipinski definition) is 6. The van der Waals surface area contributed by atoms with Gasteiger partial charge in [-0.05, 0) is 18.1 Å². The lowest BCUT2D eigenvalue weighted by Crippen LogP contribution is -2.33. The normalized spacial score (nSPS) is 17.9. The number of amides is 2. The molecule has 0 spiro atoms. The number of fused-ring (bicyclic) bond motifs is 1. The molecule has 9 nitrogen and oxygen atoms in total. The molecule has 0 radical (unpaired) electrons. The number of hydrogen-bond donors (Lipinski definition) is 3. The van der Waals surface area contributed by atoms with Gasteiger partial charge in [-0.15, -0.1) is 0 Å². The van der Waals surface area contributed by atoms with E-state index < -0.39 is 30.3 Å². The van der Waals surface area contributed by atoms with Gasteiger partial charge < -0.3 is 19.7 Å². The first-order valence-corrected chi connectivity index (χ1v) is 9.64. The molecular formula is C21H16F3N5O4. The van der Waals surface area contributed by atoms with Crippen LogP contribution in [0.5, 0.6) is 0 Å². The summed E-state index contributed by atoms with van der Waals surface area (Å²) in [6.45, 7) is 0.0929. The molecule has 2 amide bonds. The van der Waals surface area contributed by atoms with Gasteiger partial charge >= 0.3 is 12.1 Å². The van der Waals surface area contributed by atoms with Crippen molar-refractivity contribution < 1.29 is 32.6 Å². The van der Waals surface area contributed by atoms with Crippen LogP contribution in [0, 0.1) is 12.0 Å². The third kappa shape index (κ3) is 4.79. The largest absolute Gasteiger partial charge is 0.472 e. The maximum Gasteiger partial charge on any atom is 0.472 e. The average Bonchev–Trinajstić information content (AvgIpc) is 3.38. The van der Waals surface area contributed by atoms with Crippen molar-refractivity contribution in [1.82, 2.24) is 19.9 Å². The zero-order chi connectivity index (χ0) is 23.6. The van der Waals surface area contributed by atoms with E-state index in [1.54, 1.807) is 34.9 Å². The number of carbonyl (C=O) groups excluding carboxylic acids is 2. The highest BCUT2D eigenvalue weighted by Crippen LogP contribution is 2.32. The Labute approximate surface area is 184 Å². The van der Waals surface area contributed by atoms with Crippen molar-refractivity contribution in [3.8, 4) is 12.0 Å². The summed E-state index contributed by atoms with van der Waals surface area (Å²) in [7, 11) is 0. The Balaban J connectivity index is 1.75. The first kappa shape index (κ1) is 22.3. The molecule has 1 aliphatic rings. The molecule has 2 atom stereocenters. The SMILES string of the molecule is O=C(Nc1ncnc2c1c(C#CNC(=O)C(F)(F)F)cn2[C@H]1CC(O)CO1)c1ccccc1. The molecule has 1 aromatic carbocycles. The summed E-state index contributed by atoms with van der Waals surface area (Å²) in [5, 5.41) is 14.2. The molecule has 1 aliphatic heterocycles. The number of nitrogens with one attached hydrogen (secondary N) is 2. The van der Waals surface area contributed by atoms with Crippen LogP contribution >= 0.6 is 0 Å². The number of rotatable bonds is 3. The van der Waals surface area contributed by atoms with Crippen molar-refractivity contribution >= 4 is 28.7 Å². The number of benzene rings is 1. The van der Waals surface area contributed by atoms with E-state index in [1.807, 2.05) is 6.04 Å². The lowest BCUT2D eigenvalue weighted by atomic mass is 10.2. The molecule has 4 rings (SSSR count). The molecule has 1 fully saturated rings. The summed E-state index contributed by atoms with van der Waals surface area (Å²) in [6.07, 6.45) is -3.51. The number of carbonyl (C=O) groups is 2. The minimum Gasteiger partial charge on any atom is -0.391 e. The third-order valence-corrected chi connectivity index (χ3v) is 4.77. The van der Waals surface area contributed by atoms with E-state index in [2.05, 4.69) is 21.2 Å². The van der Waals surface area contributed by atoms with Crippen molar-refractivity contribution in [2.75, 3.05) is 11.9 Å². The maximum atomic E-state index is 12.6. The molecule has 3 aromatic rings. The van der Waals surface area contributed by atoms with E-state index in [4.69, 9.17) is 4.74 Å². The summed E-state index contributed by atoms with van der Waals surface area (Å²) >= 11 is 0.